The Morgan fingerprint density at radius 2 is 2.10 bits per heavy atom. The highest BCUT2D eigenvalue weighted by atomic mass is 16.2. The smallest absolute Gasteiger partial charge is 0.319 e. The van der Waals surface area contributed by atoms with Gasteiger partial charge in [0, 0.05) is 31.5 Å². The number of carbonyl (C=O) groups excluding carboxylic acids is 1. The van der Waals surface area contributed by atoms with E-state index in [2.05, 4.69) is 20.9 Å². The first kappa shape index (κ1) is 14.0. The molecule has 7 nitrogen and oxygen atoms in total. The van der Waals surface area contributed by atoms with Crippen LogP contribution in [0.25, 0.3) is 0 Å². The molecule has 0 bridgehead atoms. The fraction of sp³-hybridized carbons (Fsp3) is 0.308. The largest absolute Gasteiger partial charge is 0.338 e. The first-order valence-electron chi connectivity index (χ1n) is 6.46. The Morgan fingerprint density at radius 1 is 1.30 bits per heavy atom. The van der Waals surface area contributed by atoms with Gasteiger partial charge in [-0.25, -0.2) is 4.79 Å². The highest BCUT2D eigenvalue weighted by Gasteiger charge is 2.01. The number of urea groups is 1. The minimum atomic E-state index is -0.218. The van der Waals surface area contributed by atoms with Gasteiger partial charge < -0.3 is 16.4 Å². The molecule has 7 heteroatoms. The number of rotatable bonds is 6. The average molecular weight is 274 g/mol. The molecule has 2 rings (SSSR count). The van der Waals surface area contributed by atoms with E-state index in [-0.39, 0.29) is 6.03 Å². The van der Waals surface area contributed by atoms with Gasteiger partial charge in [-0.15, -0.1) is 5.10 Å². The highest BCUT2D eigenvalue weighted by Crippen LogP contribution is 2.08. The molecule has 2 aromatic rings. The number of nitrogens with zero attached hydrogens (tertiary/aromatic N) is 3. The Morgan fingerprint density at radius 3 is 2.75 bits per heavy atom. The Balaban J connectivity index is 1.66. The lowest BCUT2D eigenvalue weighted by atomic mass is 10.2. The van der Waals surface area contributed by atoms with E-state index >= 15 is 0 Å². The number of hydrogen-bond donors (Lipinski definition) is 3. The first-order chi connectivity index (χ1) is 9.78. The third-order valence-electron chi connectivity index (χ3n) is 2.77. The maximum atomic E-state index is 11.6. The summed E-state index contributed by atoms with van der Waals surface area (Å²) in [5, 5.41) is 13.1. The molecular weight excluding hydrogens is 256 g/mol. The average Bonchev–Trinajstić information content (AvgIpc) is 2.98. The zero-order chi connectivity index (χ0) is 14.2. The second-order valence-electron chi connectivity index (χ2n) is 4.30. The highest BCUT2D eigenvalue weighted by molar-refractivity contribution is 5.89. The van der Waals surface area contributed by atoms with Crippen molar-refractivity contribution >= 4 is 11.7 Å². The van der Waals surface area contributed by atoms with Crippen molar-refractivity contribution in [2.75, 3.05) is 11.9 Å². The summed E-state index contributed by atoms with van der Waals surface area (Å²) in [4.78, 5) is 11.6. The maximum absolute atomic E-state index is 11.6. The van der Waals surface area contributed by atoms with Gasteiger partial charge in [-0.2, -0.15) is 0 Å². The van der Waals surface area contributed by atoms with Crippen LogP contribution in [-0.4, -0.2) is 27.6 Å². The van der Waals surface area contributed by atoms with Crippen LogP contribution in [0.2, 0.25) is 0 Å². The molecule has 0 aliphatic heterocycles. The van der Waals surface area contributed by atoms with Crippen molar-refractivity contribution in [3.63, 3.8) is 0 Å². The molecule has 1 heterocycles. The van der Waals surface area contributed by atoms with Crippen molar-refractivity contribution in [1.29, 1.82) is 0 Å². The predicted molar refractivity (Wildman–Crippen MR) is 76.0 cm³/mol. The molecule has 1 aromatic carbocycles. The van der Waals surface area contributed by atoms with E-state index in [1.165, 1.54) is 0 Å². The second kappa shape index (κ2) is 7.25. The summed E-state index contributed by atoms with van der Waals surface area (Å²) in [7, 11) is 0. The summed E-state index contributed by atoms with van der Waals surface area (Å²) < 4.78 is 1.73. The summed E-state index contributed by atoms with van der Waals surface area (Å²) in [6.45, 7) is 1.80. The number of amides is 2. The number of aromatic nitrogens is 3. The van der Waals surface area contributed by atoms with E-state index in [1.807, 2.05) is 24.3 Å². The van der Waals surface area contributed by atoms with Gasteiger partial charge in [0.25, 0.3) is 0 Å². The van der Waals surface area contributed by atoms with Gasteiger partial charge in [0.15, 0.2) is 0 Å². The van der Waals surface area contributed by atoms with Crippen molar-refractivity contribution < 1.29 is 4.79 Å². The van der Waals surface area contributed by atoms with Crippen molar-refractivity contribution in [2.24, 2.45) is 5.73 Å². The molecule has 106 valence electrons. The summed E-state index contributed by atoms with van der Waals surface area (Å²) in [5.41, 5.74) is 7.29. The Kier molecular flexibility index (Phi) is 5.08. The number of hydrogen-bond acceptors (Lipinski definition) is 4. The van der Waals surface area contributed by atoms with Gasteiger partial charge in [0.2, 0.25) is 0 Å². The summed E-state index contributed by atoms with van der Waals surface area (Å²) in [6, 6.07) is 7.22. The second-order valence-corrected chi connectivity index (χ2v) is 4.30. The minimum Gasteiger partial charge on any atom is -0.338 e. The van der Waals surface area contributed by atoms with Gasteiger partial charge in [-0.1, -0.05) is 17.3 Å². The number of carbonyl (C=O) groups is 1. The lowest BCUT2D eigenvalue weighted by Gasteiger charge is -2.08. The van der Waals surface area contributed by atoms with Gasteiger partial charge in [-0.3, -0.25) is 4.68 Å². The van der Waals surface area contributed by atoms with E-state index in [0.717, 1.165) is 24.2 Å². The van der Waals surface area contributed by atoms with Crippen LogP contribution in [0.4, 0.5) is 10.5 Å². The molecule has 0 fully saturated rings. The first-order valence-corrected chi connectivity index (χ1v) is 6.46. The van der Waals surface area contributed by atoms with Gasteiger partial charge in [-0.05, 0) is 24.1 Å². The molecule has 2 amide bonds. The van der Waals surface area contributed by atoms with Crippen LogP contribution in [0.15, 0.2) is 36.7 Å². The monoisotopic (exact) mass is 274 g/mol. The third kappa shape index (κ3) is 4.36. The molecule has 0 saturated heterocycles. The molecule has 4 N–H and O–H groups in total. The quantitative estimate of drug-likeness (QED) is 0.683. The number of aryl methyl sites for hydroxylation is 1. The zero-order valence-corrected chi connectivity index (χ0v) is 11.1. The van der Waals surface area contributed by atoms with Crippen molar-refractivity contribution in [3.05, 3.63) is 42.2 Å². The van der Waals surface area contributed by atoms with Crippen molar-refractivity contribution in [3.8, 4) is 0 Å². The fourth-order valence-corrected chi connectivity index (χ4v) is 1.69. The van der Waals surface area contributed by atoms with Gasteiger partial charge >= 0.3 is 6.03 Å². The molecule has 0 atom stereocenters. The van der Waals surface area contributed by atoms with Crippen LogP contribution >= 0.6 is 0 Å². The molecule has 20 heavy (non-hydrogen) atoms. The molecule has 1 aromatic heterocycles. The van der Waals surface area contributed by atoms with Crippen LogP contribution in [-0.2, 0) is 13.1 Å². The molecule has 0 spiro atoms. The Hall–Kier alpha value is -2.41. The zero-order valence-electron chi connectivity index (χ0n) is 11.1. The molecular formula is C13H18N6O. The maximum Gasteiger partial charge on any atom is 0.319 e. The van der Waals surface area contributed by atoms with Crippen LogP contribution in [0.3, 0.4) is 0 Å². The molecule has 0 aliphatic carbocycles. The van der Waals surface area contributed by atoms with Crippen LogP contribution in [0.1, 0.15) is 12.0 Å². The minimum absolute atomic E-state index is 0.218. The summed E-state index contributed by atoms with van der Waals surface area (Å²) in [6.07, 6.45) is 4.22. The SMILES string of the molecule is NCc1ccc(NC(=O)NCCCn2ccnn2)cc1. The topological polar surface area (TPSA) is 97.9 Å². The summed E-state index contributed by atoms with van der Waals surface area (Å²) >= 11 is 0. The summed E-state index contributed by atoms with van der Waals surface area (Å²) in [5.74, 6) is 0. The van der Waals surface area contributed by atoms with Crippen LogP contribution in [0, 0.1) is 0 Å². The predicted octanol–water partition coefficient (Wildman–Crippen LogP) is 0.949. The van der Waals surface area contributed by atoms with Gasteiger partial charge in [0.1, 0.15) is 0 Å². The van der Waals surface area contributed by atoms with E-state index in [9.17, 15) is 4.79 Å². The lowest BCUT2D eigenvalue weighted by Crippen LogP contribution is -2.30. The Bertz CT molecular complexity index is 522. The molecule has 0 saturated carbocycles. The van der Waals surface area contributed by atoms with Crippen LogP contribution in [0.5, 0.6) is 0 Å². The van der Waals surface area contributed by atoms with Crippen molar-refractivity contribution in [2.45, 2.75) is 19.5 Å². The van der Waals surface area contributed by atoms with Crippen LogP contribution < -0.4 is 16.4 Å². The standard InChI is InChI=1S/C13H18N6O/c14-10-11-2-4-12(5-3-11)17-13(20)15-6-1-8-19-9-7-16-18-19/h2-5,7,9H,1,6,8,10,14H2,(H2,15,17,20). The number of anilines is 1. The lowest BCUT2D eigenvalue weighted by molar-refractivity contribution is 0.251. The fourth-order valence-electron chi connectivity index (χ4n) is 1.69. The van der Waals surface area contributed by atoms with E-state index in [1.54, 1.807) is 17.1 Å². The van der Waals surface area contributed by atoms with Gasteiger partial charge in [0.05, 0.1) is 6.20 Å². The van der Waals surface area contributed by atoms with Crippen molar-refractivity contribution in [1.82, 2.24) is 20.3 Å². The molecule has 0 aliphatic rings. The number of nitrogens with two attached hydrogens (primary N) is 1. The number of nitrogens with one attached hydrogen (secondary N) is 2. The third-order valence-corrected chi connectivity index (χ3v) is 2.77. The molecule has 0 radical (unpaired) electrons. The van der Waals surface area contributed by atoms with E-state index in [4.69, 9.17) is 5.73 Å². The van der Waals surface area contributed by atoms with E-state index < -0.39 is 0 Å². The Labute approximate surface area is 117 Å². The van der Waals surface area contributed by atoms with E-state index in [0.29, 0.717) is 13.1 Å². The number of benzene rings is 1. The molecule has 0 unspecified atom stereocenters. The normalized spacial score (nSPS) is 10.2.